The molecule has 1 aliphatic heterocycles. The zero-order valence-electron chi connectivity index (χ0n) is 10.6. The number of hydrogen-bond acceptors (Lipinski definition) is 5. The zero-order valence-corrected chi connectivity index (χ0v) is 12.2. The predicted octanol–water partition coefficient (Wildman–Crippen LogP) is 2.37. The summed E-state index contributed by atoms with van der Waals surface area (Å²) >= 11 is 3.70. The van der Waals surface area contributed by atoms with Crippen molar-refractivity contribution in [2.24, 2.45) is 5.73 Å². The van der Waals surface area contributed by atoms with Crippen molar-refractivity contribution >= 4 is 28.2 Å². The lowest BCUT2D eigenvalue weighted by atomic mass is 9.96. The molecule has 2 heterocycles. The standard InChI is InChI=1S/C12H21N3S2/c1-3-10-8-17-11(14-10)15-6-4-12(9-13,16-2)5-7-15/h8H,3-7,9,13H2,1-2H3. The van der Waals surface area contributed by atoms with Crippen molar-refractivity contribution in [1.82, 2.24) is 4.98 Å². The molecule has 0 radical (unpaired) electrons. The summed E-state index contributed by atoms with van der Waals surface area (Å²) in [7, 11) is 0. The number of thioether (sulfide) groups is 1. The monoisotopic (exact) mass is 271 g/mol. The first-order chi connectivity index (χ1) is 8.23. The highest BCUT2D eigenvalue weighted by molar-refractivity contribution is 8.00. The smallest absolute Gasteiger partial charge is 0.185 e. The molecule has 5 heteroatoms. The summed E-state index contributed by atoms with van der Waals surface area (Å²) < 4.78 is 0.307. The van der Waals surface area contributed by atoms with Gasteiger partial charge in [0.25, 0.3) is 0 Å². The van der Waals surface area contributed by atoms with Gasteiger partial charge < -0.3 is 10.6 Å². The first-order valence-corrected chi connectivity index (χ1v) is 8.28. The predicted molar refractivity (Wildman–Crippen MR) is 78.2 cm³/mol. The van der Waals surface area contributed by atoms with E-state index in [1.807, 2.05) is 11.8 Å². The van der Waals surface area contributed by atoms with Crippen molar-refractivity contribution in [3.63, 3.8) is 0 Å². The van der Waals surface area contributed by atoms with E-state index in [1.54, 1.807) is 11.3 Å². The van der Waals surface area contributed by atoms with Crippen LogP contribution >= 0.6 is 23.1 Å². The maximum absolute atomic E-state index is 5.91. The fraction of sp³-hybridized carbons (Fsp3) is 0.750. The quantitative estimate of drug-likeness (QED) is 0.913. The number of piperidine rings is 1. The second-order valence-corrected chi connectivity index (χ2v) is 6.66. The molecule has 1 fully saturated rings. The number of aryl methyl sites for hydroxylation is 1. The number of hydrogen-bond donors (Lipinski definition) is 1. The molecular weight excluding hydrogens is 250 g/mol. The molecule has 0 bridgehead atoms. The molecule has 1 saturated heterocycles. The van der Waals surface area contributed by atoms with Crippen LogP contribution in [0.5, 0.6) is 0 Å². The summed E-state index contributed by atoms with van der Waals surface area (Å²) in [5.74, 6) is 0. The van der Waals surface area contributed by atoms with Gasteiger partial charge in [0.15, 0.2) is 5.13 Å². The molecule has 0 aliphatic carbocycles. The van der Waals surface area contributed by atoms with Crippen molar-refractivity contribution in [3.8, 4) is 0 Å². The van der Waals surface area contributed by atoms with Crippen molar-refractivity contribution in [2.75, 3.05) is 30.8 Å². The van der Waals surface area contributed by atoms with E-state index in [-0.39, 0.29) is 0 Å². The molecule has 1 aromatic heterocycles. The van der Waals surface area contributed by atoms with Crippen LogP contribution in [0.1, 0.15) is 25.5 Å². The number of thiazole rings is 1. The van der Waals surface area contributed by atoms with Crippen LogP contribution in [-0.2, 0) is 6.42 Å². The molecule has 2 rings (SSSR count). The molecule has 1 aromatic rings. The van der Waals surface area contributed by atoms with Gasteiger partial charge in [0.2, 0.25) is 0 Å². The van der Waals surface area contributed by atoms with Crippen molar-refractivity contribution in [2.45, 2.75) is 30.9 Å². The number of nitrogens with two attached hydrogens (primary N) is 1. The Hall–Kier alpha value is -0.260. The third kappa shape index (κ3) is 2.77. The molecule has 0 saturated carbocycles. The molecule has 0 spiro atoms. The van der Waals surface area contributed by atoms with Gasteiger partial charge in [0, 0.05) is 29.8 Å². The van der Waals surface area contributed by atoms with E-state index >= 15 is 0 Å². The van der Waals surface area contributed by atoms with E-state index in [4.69, 9.17) is 5.73 Å². The molecular formula is C12H21N3S2. The average molecular weight is 271 g/mol. The maximum atomic E-state index is 5.91. The van der Waals surface area contributed by atoms with E-state index in [1.165, 1.54) is 23.7 Å². The van der Waals surface area contributed by atoms with Gasteiger partial charge in [-0.15, -0.1) is 11.3 Å². The molecule has 17 heavy (non-hydrogen) atoms. The van der Waals surface area contributed by atoms with E-state index in [9.17, 15) is 0 Å². The minimum absolute atomic E-state index is 0.307. The molecule has 3 nitrogen and oxygen atoms in total. The molecule has 0 atom stereocenters. The second kappa shape index (κ2) is 5.59. The summed E-state index contributed by atoms with van der Waals surface area (Å²) in [4.78, 5) is 7.07. The molecule has 0 amide bonds. The number of nitrogens with zero attached hydrogens (tertiary/aromatic N) is 2. The first-order valence-electron chi connectivity index (χ1n) is 6.17. The Bertz CT molecular complexity index is 350. The summed E-state index contributed by atoms with van der Waals surface area (Å²) in [5, 5.41) is 3.36. The number of aromatic nitrogens is 1. The fourth-order valence-corrected chi connectivity index (χ4v) is 3.92. The first kappa shape index (κ1) is 13.2. The lowest BCUT2D eigenvalue weighted by Crippen LogP contribution is -2.46. The zero-order chi connectivity index (χ0) is 12.3. The third-order valence-corrected chi connectivity index (χ3v) is 6.04. The van der Waals surface area contributed by atoms with Crippen LogP contribution < -0.4 is 10.6 Å². The summed E-state index contributed by atoms with van der Waals surface area (Å²) in [6.45, 7) is 5.13. The molecule has 0 unspecified atom stereocenters. The third-order valence-electron chi connectivity index (χ3n) is 3.65. The highest BCUT2D eigenvalue weighted by Gasteiger charge is 2.33. The highest BCUT2D eigenvalue weighted by atomic mass is 32.2. The van der Waals surface area contributed by atoms with Gasteiger partial charge in [0.1, 0.15) is 0 Å². The topological polar surface area (TPSA) is 42.1 Å². The van der Waals surface area contributed by atoms with E-state index in [0.717, 1.165) is 26.1 Å². The van der Waals surface area contributed by atoms with Crippen molar-refractivity contribution in [3.05, 3.63) is 11.1 Å². The van der Waals surface area contributed by atoms with Crippen molar-refractivity contribution in [1.29, 1.82) is 0 Å². The van der Waals surface area contributed by atoms with Gasteiger partial charge in [-0.2, -0.15) is 11.8 Å². The largest absolute Gasteiger partial charge is 0.348 e. The summed E-state index contributed by atoms with van der Waals surface area (Å²) in [6.07, 6.45) is 5.56. The molecule has 0 aromatic carbocycles. The van der Waals surface area contributed by atoms with Crippen molar-refractivity contribution < 1.29 is 0 Å². The maximum Gasteiger partial charge on any atom is 0.185 e. The Labute approximate surface area is 112 Å². The Morgan fingerprint density at radius 3 is 2.71 bits per heavy atom. The lowest BCUT2D eigenvalue weighted by Gasteiger charge is -2.40. The number of anilines is 1. The Morgan fingerprint density at radius 2 is 2.24 bits per heavy atom. The second-order valence-electron chi connectivity index (χ2n) is 4.55. The van der Waals surface area contributed by atoms with Gasteiger partial charge in [-0.05, 0) is 25.5 Å². The summed E-state index contributed by atoms with van der Waals surface area (Å²) in [5.41, 5.74) is 7.12. The normalized spacial score (nSPS) is 19.6. The van der Waals surface area contributed by atoms with Crippen LogP contribution in [0.4, 0.5) is 5.13 Å². The van der Waals surface area contributed by atoms with E-state index in [2.05, 4.69) is 28.4 Å². The Morgan fingerprint density at radius 1 is 1.53 bits per heavy atom. The van der Waals surface area contributed by atoms with Crippen LogP contribution in [-0.4, -0.2) is 35.6 Å². The van der Waals surface area contributed by atoms with Crippen LogP contribution in [0.25, 0.3) is 0 Å². The SMILES string of the molecule is CCc1csc(N2CCC(CN)(SC)CC2)n1. The summed E-state index contributed by atoms with van der Waals surface area (Å²) in [6, 6.07) is 0. The number of rotatable bonds is 4. The van der Waals surface area contributed by atoms with Crippen LogP contribution in [0.15, 0.2) is 5.38 Å². The lowest BCUT2D eigenvalue weighted by molar-refractivity contribution is 0.456. The van der Waals surface area contributed by atoms with Crippen LogP contribution in [0.2, 0.25) is 0 Å². The molecule has 2 N–H and O–H groups in total. The van der Waals surface area contributed by atoms with Gasteiger partial charge >= 0.3 is 0 Å². The molecule has 1 aliphatic rings. The van der Waals surface area contributed by atoms with Gasteiger partial charge in [-0.3, -0.25) is 0 Å². The Balaban J connectivity index is 1.99. The Kier molecular flexibility index (Phi) is 4.33. The van der Waals surface area contributed by atoms with Crippen LogP contribution in [0.3, 0.4) is 0 Å². The van der Waals surface area contributed by atoms with E-state index < -0.39 is 0 Å². The average Bonchev–Trinajstić information content (AvgIpc) is 2.87. The minimum atomic E-state index is 0.307. The fourth-order valence-electron chi connectivity index (χ4n) is 2.20. The minimum Gasteiger partial charge on any atom is -0.348 e. The van der Waals surface area contributed by atoms with Crippen LogP contribution in [0, 0.1) is 0 Å². The molecule has 96 valence electrons. The highest BCUT2D eigenvalue weighted by Crippen LogP contribution is 2.35. The van der Waals surface area contributed by atoms with E-state index in [0.29, 0.717) is 4.75 Å². The van der Waals surface area contributed by atoms with Gasteiger partial charge in [-0.25, -0.2) is 4.98 Å². The van der Waals surface area contributed by atoms with Gasteiger partial charge in [-0.1, -0.05) is 6.92 Å². The van der Waals surface area contributed by atoms with Gasteiger partial charge in [0.05, 0.1) is 5.69 Å².